The van der Waals surface area contributed by atoms with Gasteiger partial charge in [-0.05, 0) is 34.1 Å². The Bertz CT molecular complexity index is 603. The molecule has 0 fully saturated rings. The van der Waals surface area contributed by atoms with E-state index in [0.29, 0.717) is 6.54 Å². The van der Waals surface area contributed by atoms with E-state index in [9.17, 15) is 5.11 Å². The van der Waals surface area contributed by atoms with Crippen LogP contribution in [-0.2, 0) is 13.0 Å². The molecule has 0 spiro atoms. The second-order valence-electron chi connectivity index (χ2n) is 6.48. The molecule has 1 aromatic carbocycles. The third kappa shape index (κ3) is 3.73. The Morgan fingerprint density at radius 3 is 2.29 bits per heavy atom. The molecule has 0 aliphatic rings. The number of benzene rings is 1. The molecule has 2 aromatic rings. The van der Waals surface area contributed by atoms with Crippen LogP contribution in [0.25, 0.3) is 11.3 Å². The highest BCUT2D eigenvalue weighted by molar-refractivity contribution is 5.63. The summed E-state index contributed by atoms with van der Waals surface area (Å²) in [6.45, 7) is 10.5. The molecule has 0 aliphatic heterocycles. The Kier molecular flexibility index (Phi) is 4.52. The van der Waals surface area contributed by atoms with Crippen molar-refractivity contribution in [3.63, 3.8) is 0 Å². The van der Waals surface area contributed by atoms with Crippen LogP contribution < -0.4 is 0 Å². The van der Waals surface area contributed by atoms with Gasteiger partial charge in [-0.1, -0.05) is 36.8 Å². The highest BCUT2D eigenvalue weighted by Crippen LogP contribution is 2.27. The van der Waals surface area contributed by atoms with Gasteiger partial charge in [0.25, 0.3) is 0 Å². The van der Waals surface area contributed by atoms with Gasteiger partial charge in [0.05, 0.1) is 23.5 Å². The summed E-state index contributed by atoms with van der Waals surface area (Å²) in [4.78, 5) is 4.74. The molecule has 1 aromatic heterocycles. The van der Waals surface area contributed by atoms with Crippen molar-refractivity contribution in [3.05, 3.63) is 41.3 Å². The van der Waals surface area contributed by atoms with Crippen LogP contribution in [0.2, 0.25) is 0 Å². The van der Waals surface area contributed by atoms with Gasteiger partial charge in [0.1, 0.15) is 5.82 Å². The highest BCUT2D eigenvalue weighted by atomic mass is 16.3. The Morgan fingerprint density at radius 1 is 1.14 bits per heavy atom. The molecule has 0 amide bonds. The predicted molar refractivity (Wildman–Crippen MR) is 87.4 cm³/mol. The molecule has 2 rings (SSSR count). The van der Waals surface area contributed by atoms with Gasteiger partial charge < -0.3 is 9.67 Å². The van der Waals surface area contributed by atoms with Crippen molar-refractivity contribution in [2.75, 3.05) is 0 Å². The average molecular weight is 286 g/mol. The summed E-state index contributed by atoms with van der Waals surface area (Å²) < 4.78 is 2.18. The van der Waals surface area contributed by atoms with E-state index >= 15 is 0 Å². The summed E-state index contributed by atoms with van der Waals surface area (Å²) in [6.07, 6.45) is 1.98. The van der Waals surface area contributed by atoms with Gasteiger partial charge in [-0.15, -0.1) is 0 Å². The normalized spacial score (nSPS) is 11.9. The zero-order valence-electron chi connectivity index (χ0n) is 13.8. The first-order valence-corrected chi connectivity index (χ1v) is 7.67. The smallest absolute Gasteiger partial charge is 0.109 e. The van der Waals surface area contributed by atoms with Gasteiger partial charge >= 0.3 is 0 Å². The van der Waals surface area contributed by atoms with Crippen molar-refractivity contribution in [1.29, 1.82) is 0 Å². The topological polar surface area (TPSA) is 38.0 Å². The van der Waals surface area contributed by atoms with E-state index in [1.165, 1.54) is 5.56 Å². The summed E-state index contributed by atoms with van der Waals surface area (Å²) in [6, 6.07) is 8.51. The number of imidazole rings is 1. The van der Waals surface area contributed by atoms with Crippen molar-refractivity contribution in [3.8, 4) is 11.3 Å². The fraction of sp³-hybridized carbons (Fsp3) is 0.500. The van der Waals surface area contributed by atoms with Crippen LogP contribution in [0.15, 0.2) is 24.3 Å². The van der Waals surface area contributed by atoms with E-state index < -0.39 is 5.60 Å². The van der Waals surface area contributed by atoms with Crippen molar-refractivity contribution >= 4 is 0 Å². The summed E-state index contributed by atoms with van der Waals surface area (Å²) in [5.41, 5.74) is 3.82. The van der Waals surface area contributed by atoms with E-state index in [2.05, 4.69) is 49.6 Å². The molecule has 0 unspecified atom stereocenters. The molecule has 0 aliphatic carbocycles. The molecular formula is C18H26N2O. The van der Waals surface area contributed by atoms with Crippen LogP contribution in [0.5, 0.6) is 0 Å². The van der Waals surface area contributed by atoms with Gasteiger partial charge in [0.15, 0.2) is 0 Å². The van der Waals surface area contributed by atoms with Gasteiger partial charge in [0.2, 0.25) is 0 Å². The summed E-state index contributed by atoms with van der Waals surface area (Å²) >= 11 is 0. The van der Waals surface area contributed by atoms with E-state index in [1.54, 1.807) is 0 Å². The number of nitrogens with zero attached hydrogens (tertiary/aromatic N) is 2. The van der Waals surface area contributed by atoms with E-state index in [1.807, 2.05) is 13.8 Å². The van der Waals surface area contributed by atoms with Crippen molar-refractivity contribution in [2.24, 2.45) is 0 Å². The number of hydrogen-bond acceptors (Lipinski definition) is 2. The maximum atomic E-state index is 10.2. The van der Waals surface area contributed by atoms with Gasteiger partial charge in [-0.25, -0.2) is 4.98 Å². The lowest BCUT2D eigenvalue weighted by molar-refractivity contribution is 0.0610. The van der Waals surface area contributed by atoms with Gasteiger partial charge in [0, 0.05) is 12.0 Å². The molecule has 3 nitrogen and oxygen atoms in total. The van der Waals surface area contributed by atoms with Gasteiger partial charge in [-0.3, -0.25) is 0 Å². The highest BCUT2D eigenvalue weighted by Gasteiger charge is 2.21. The fourth-order valence-corrected chi connectivity index (χ4v) is 2.68. The molecular weight excluding hydrogens is 260 g/mol. The third-order valence-corrected chi connectivity index (χ3v) is 3.56. The number of hydrogen-bond donors (Lipinski definition) is 1. The lowest BCUT2D eigenvalue weighted by Gasteiger charge is -2.22. The monoisotopic (exact) mass is 286 g/mol. The molecule has 21 heavy (non-hydrogen) atoms. The number of rotatable bonds is 5. The molecule has 114 valence electrons. The first-order chi connectivity index (χ1) is 9.81. The van der Waals surface area contributed by atoms with Crippen LogP contribution in [0, 0.1) is 13.8 Å². The molecule has 0 saturated heterocycles. The van der Waals surface area contributed by atoms with Crippen molar-refractivity contribution in [2.45, 2.75) is 59.6 Å². The molecule has 1 heterocycles. The number of aromatic nitrogens is 2. The molecule has 0 saturated carbocycles. The quantitative estimate of drug-likeness (QED) is 0.905. The third-order valence-electron chi connectivity index (χ3n) is 3.56. The lowest BCUT2D eigenvalue weighted by Crippen LogP contribution is -2.27. The van der Waals surface area contributed by atoms with E-state index in [0.717, 1.165) is 35.6 Å². The minimum atomic E-state index is -0.755. The zero-order valence-corrected chi connectivity index (χ0v) is 13.8. The molecule has 3 heteroatoms. The summed E-state index contributed by atoms with van der Waals surface area (Å²) in [5, 5.41) is 10.2. The number of aryl methyl sites for hydroxylation is 3. The van der Waals surface area contributed by atoms with Crippen LogP contribution in [0.4, 0.5) is 0 Å². The molecule has 1 N–H and O–H groups in total. The Labute approximate surface area is 127 Å². The molecule has 0 radical (unpaired) electrons. The number of aliphatic hydroxyl groups is 1. The van der Waals surface area contributed by atoms with Crippen LogP contribution in [0.1, 0.15) is 44.3 Å². The van der Waals surface area contributed by atoms with Crippen LogP contribution >= 0.6 is 0 Å². The minimum absolute atomic E-state index is 0.562. The Morgan fingerprint density at radius 2 is 1.76 bits per heavy atom. The SMILES string of the molecule is CCCc1nc(C)c(-c2ccc(C)cc2)n1CC(C)(C)O. The first kappa shape index (κ1) is 15.8. The summed E-state index contributed by atoms with van der Waals surface area (Å²) in [7, 11) is 0. The maximum Gasteiger partial charge on any atom is 0.109 e. The van der Waals surface area contributed by atoms with Crippen LogP contribution in [-0.4, -0.2) is 20.3 Å². The van der Waals surface area contributed by atoms with Crippen molar-refractivity contribution < 1.29 is 5.11 Å². The summed E-state index contributed by atoms with van der Waals surface area (Å²) in [5.74, 6) is 1.06. The average Bonchev–Trinajstić information content (AvgIpc) is 2.66. The Hall–Kier alpha value is -1.61. The van der Waals surface area contributed by atoms with E-state index in [4.69, 9.17) is 4.98 Å². The van der Waals surface area contributed by atoms with Crippen molar-refractivity contribution in [1.82, 2.24) is 9.55 Å². The predicted octanol–water partition coefficient (Wildman–Crippen LogP) is 3.89. The first-order valence-electron chi connectivity index (χ1n) is 7.67. The van der Waals surface area contributed by atoms with Crippen LogP contribution in [0.3, 0.4) is 0 Å². The Balaban J connectivity index is 2.55. The molecule has 0 bridgehead atoms. The lowest BCUT2D eigenvalue weighted by atomic mass is 10.1. The zero-order chi connectivity index (χ0) is 15.6. The molecule has 0 atom stereocenters. The standard InChI is InChI=1S/C18H26N2O/c1-6-7-16-19-14(3)17(20(16)12-18(4,5)21)15-10-8-13(2)9-11-15/h8-11,21H,6-7,12H2,1-5H3. The second kappa shape index (κ2) is 6.02. The second-order valence-corrected chi connectivity index (χ2v) is 6.48. The largest absolute Gasteiger partial charge is 0.389 e. The van der Waals surface area contributed by atoms with Gasteiger partial charge in [-0.2, -0.15) is 0 Å². The fourth-order valence-electron chi connectivity index (χ4n) is 2.68. The maximum absolute atomic E-state index is 10.2. The minimum Gasteiger partial charge on any atom is -0.389 e. The van der Waals surface area contributed by atoms with E-state index in [-0.39, 0.29) is 0 Å².